The molecular weight excluding hydrogens is 464 g/mol. The molecule has 9 heteroatoms. The minimum absolute atomic E-state index is 0.169. The molecule has 2 aromatic heterocycles. The summed E-state index contributed by atoms with van der Waals surface area (Å²) in [4.78, 5) is 31.8. The third-order valence-electron chi connectivity index (χ3n) is 5.83. The highest BCUT2D eigenvalue weighted by Crippen LogP contribution is 2.37. The Hall–Kier alpha value is -3.90. The quantitative estimate of drug-likeness (QED) is 0.504. The molecule has 1 aromatic carbocycles. The zero-order chi connectivity index (χ0) is 24.6. The van der Waals surface area contributed by atoms with Gasteiger partial charge in [0.05, 0.1) is 25.8 Å². The second-order valence-corrected chi connectivity index (χ2v) is 9.18. The number of nitriles is 1. The second-order valence-electron chi connectivity index (χ2n) is 8.08. The number of aryl methyl sites for hydroxylation is 1. The number of anilines is 1. The summed E-state index contributed by atoms with van der Waals surface area (Å²) in [6.45, 7) is 1.10. The molecule has 180 valence electrons. The number of carbonyl (C=O) groups is 2. The van der Waals surface area contributed by atoms with Crippen LogP contribution in [0.25, 0.3) is 0 Å². The first-order valence-corrected chi connectivity index (χ1v) is 12.2. The van der Waals surface area contributed by atoms with E-state index >= 15 is 0 Å². The number of methoxy groups -OCH3 is 1. The fourth-order valence-electron chi connectivity index (χ4n) is 4.01. The molecule has 0 bridgehead atoms. The van der Waals surface area contributed by atoms with Gasteiger partial charge in [-0.05, 0) is 41.7 Å². The molecule has 0 saturated heterocycles. The van der Waals surface area contributed by atoms with Gasteiger partial charge in [-0.15, -0.1) is 11.3 Å². The van der Waals surface area contributed by atoms with Crippen LogP contribution in [0.5, 0.6) is 5.75 Å². The average Bonchev–Trinajstić information content (AvgIpc) is 3.24. The highest BCUT2D eigenvalue weighted by Gasteiger charge is 2.28. The van der Waals surface area contributed by atoms with Crippen LogP contribution in [0, 0.1) is 11.3 Å². The van der Waals surface area contributed by atoms with Gasteiger partial charge in [0.2, 0.25) is 5.91 Å². The molecule has 0 spiro atoms. The minimum Gasteiger partial charge on any atom is -0.496 e. The van der Waals surface area contributed by atoms with Gasteiger partial charge in [-0.3, -0.25) is 9.78 Å². The van der Waals surface area contributed by atoms with Gasteiger partial charge in [-0.2, -0.15) is 5.26 Å². The Morgan fingerprint density at radius 2 is 2.09 bits per heavy atom. The smallest absolute Gasteiger partial charge is 0.410 e. The van der Waals surface area contributed by atoms with Crippen molar-refractivity contribution in [2.45, 2.75) is 32.2 Å². The minimum atomic E-state index is -0.381. The summed E-state index contributed by atoms with van der Waals surface area (Å²) in [5.74, 6) is 0.578. The van der Waals surface area contributed by atoms with Crippen LogP contribution in [-0.4, -0.2) is 42.1 Å². The number of aromatic nitrogens is 1. The van der Waals surface area contributed by atoms with Crippen molar-refractivity contribution in [2.24, 2.45) is 0 Å². The van der Waals surface area contributed by atoms with E-state index in [1.165, 1.54) is 11.3 Å². The number of rotatable bonds is 8. The molecule has 35 heavy (non-hydrogen) atoms. The predicted octanol–water partition coefficient (Wildman–Crippen LogP) is 4.33. The topological polar surface area (TPSA) is 105 Å². The first kappa shape index (κ1) is 24.2. The van der Waals surface area contributed by atoms with Crippen molar-refractivity contribution in [1.82, 2.24) is 9.88 Å². The van der Waals surface area contributed by atoms with E-state index in [1.54, 1.807) is 24.4 Å². The zero-order valence-corrected chi connectivity index (χ0v) is 20.3. The number of para-hydroxylation sites is 1. The lowest BCUT2D eigenvalue weighted by molar-refractivity contribution is -0.116. The number of ether oxygens (including phenoxy) is 2. The first-order valence-electron chi connectivity index (χ1n) is 11.4. The van der Waals surface area contributed by atoms with Gasteiger partial charge < -0.3 is 19.7 Å². The number of hydrogen-bond acceptors (Lipinski definition) is 7. The van der Waals surface area contributed by atoms with Gasteiger partial charge in [0.15, 0.2) is 0 Å². The first-order chi connectivity index (χ1) is 17.1. The Balaban J connectivity index is 1.34. The summed E-state index contributed by atoms with van der Waals surface area (Å²) >= 11 is 1.35. The number of thiophene rings is 1. The van der Waals surface area contributed by atoms with Crippen molar-refractivity contribution < 1.29 is 19.1 Å². The molecule has 3 heterocycles. The Bertz CT molecular complexity index is 1240. The van der Waals surface area contributed by atoms with E-state index < -0.39 is 0 Å². The average molecular weight is 491 g/mol. The fourth-order valence-corrected chi connectivity index (χ4v) is 5.24. The molecule has 3 aromatic rings. The maximum absolute atomic E-state index is 12.6. The Morgan fingerprint density at radius 3 is 2.86 bits per heavy atom. The van der Waals surface area contributed by atoms with Gasteiger partial charge in [0.25, 0.3) is 0 Å². The van der Waals surface area contributed by atoms with Crippen LogP contribution < -0.4 is 10.1 Å². The lowest BCUT2D eigenvalue weighted by Crippen LogP contribution is -2.36. The fraction of sp³-hybridized carbons (Fsp3) is 0.308. The summed E-state index contributed by atoms with van der Waals surface area (Å²) < 4.78 is 10.8. The molecule has 0 atom stereocenters. The van der Waals surface area contributed by atoms with Gasteiger partial charge in [-0.1, -0.05) is 24.3 Å². The van der Waals surface area contributed by atoms with Crippen LogP contribution in [0.15, 0.2) is 48.8 Å². The summed E-state index contributed by atoms with van der Waals surface area (Å²) in [7, 11) is 1.61. The van der Waals surface area contributed by atoms with Gasteiger partial charge in [-0.25, -0.2) is 4.79 Å². The Labute approximate surface area is 208 Å². The highest BCUT2D eigenvalue weighted by molar-refractivity contribution is 7.16. The van der Waals surface area contributed by atoms with Crippen LogP contribution in [0.2, 0.25) is 0 Å². The van der Waals surface area contributed by atoms with E-state index in [9.17, 15) is 14.9 Å². The zero-order valence-electron chi connectivity index (χ0n) is 19.5. The van der Waals surface area contributed by atoms with Crippen molar-refractivity contribution >= 4 is 28.3 Å². The molecular formula is C26H26N4O4S. The number of nitrogens with one attached hydrogen (secondary N) is 1. The van der Waals surface area contributed by atoms with Crippen LogP contribution in [0.3, 0.4) is 0 Å². The van der Waals surface area contributed by atoms with E-state index in [4.69, 9.17) is 9.47 Å². The molecule has 0 radical (unpaired) electrons. The lowest BCUT2D eigenvalue weighted by atomic mass is 10.0. The number of hydrogen-bond donors (Lipinski definition) is 1. The van der Waals surface area contributed by atoms with Crippen molar-refractivity contribution in [3.8, 4) is 11.8 Å². The normalized spacial score (nSPS) is 12.4. The molecule has 1 N–H and O–H groups in total. The number of fused-ring (bicyclic) bond motifs is 1. The van der Waals surface area contributed by atoms with Crippen molar-refractivity contribution in [3.05, 3.63) is 75.9 Å². The van der Waals surface area contributed by atoms with Crippen LogP contribution in [0.1, 0.15) is 33.6 Å². The molecule has 1 aliphatic heterocycles. The summed E-state index contributed by atoms with van der Waals surface area (Å²) in [6, 6.07) is 13.6. The van der Waals surface area contributed by atoms with E-state index in [0.29, 0.717) is 42.9 Å². The number of carbonyl (C=O) groups excluding carboxylic acids is 2. The van der Waals surface area contributed by atoms with Gasteiger partial charge in [0.1, 0.15) is 16.8 Å². The summed E-state index contributed by atoms with van der Waals surface area (Å²) in [5, 5.41) is 13.2. The number of nitrogens with zero attached hydrogens (tertiary/aromatic N) is 3. The summed E-state index contributed by atoms with van der Waals surface area (Å²) in [5.41, 5.74) is 3.34. The molecule has 1 aliphatic rings. The maximum Gasteiger partial charge on any atom is 0.410 e. The third kappa shape index (κ3) is 5.97. The lowest BCUT2D eigenvalue weighted by Gasteiger charge is -2.26. The largest absolute Gasteiger partial charge is 0.496 e. The van der Waals surface area contributed by atoms with E-state index in [-0.39, 0.29) is 25.0 Å². The molecule has 0 saturated carbocycles. The standard InChI is InChI=1S/C26H26N4O4S/c1-33-22-7-3-2-6-19(22)8-9-24(31)29-25-21(15-27)20-10-13-30(17-23(20)35-25)26(32)34-14-11-18-5-4-12-28-16-18/h2-7,12,16H,8-11,13-14,17H2,1H3,(H,29,31). The Kier molecular flexibility index (Phi) is 7.95. The van der Waals surface area contributed by atoms with E-state index in [1.807, 2.05) is 36.4 Å². The van der Waals surface area contributed by atoms with Crippen LogP contribution in [-0.2, 0) is 35.3 Å². The van der Waals surface area contributed by atoms with Crippen molar-refractivity contribution in [2.75, 3.05) is 25.6 Å². The van der Waals surface area contributed by atoms with E-state index in [0.717, 1.165) is 27.3 Å². The molecule has 0 aliphatic carbocycles. The molecule has 4 rings (SSSR count). The van der Waals surface area contributed by atoms with Gasteiger partial charge >= 0.3 is 6.09 Å². The third-order valence-corrected chi connectivity index (χ3v) is 6.97. The molecule has 8 nitrogen and oxygen atoms in total. The van der Waals surface area contributed by atoms with Crippen LogP contribution in [0.4, 0.5) is 9.80 Å². The second kappa shape index (κ2) is 11.5. The van der Waals surface area contributed by atoms with Crippen LogP contribution >= 0.6 is 11.3 Å². The SMILES string of the molecule is COc1ccccc1CCC(=O)Nc1sc2c(c1C#N)CCN(C(=O)OCCc1cccnc1)C2. The Morgan fingerprint density at radius 1 is 1.23 bits per heavy atom. The van der Waals surface area contributed by atoms with Crippen molar-refractivity contribution in [1.29, 1.82) is 5.26 Å². The molecule has 0 unspecified atom stereocenters. The summed E-state index contributed by atoms with van der Waals surface area (Å²) in [6.07, 6.45) is 5.01. The molecule has 2 amide bonds. The number of pyridine rings is 1. The maximum atomic E-state index is 12.6. The number of benzene rings is 1. The van der Waals surface area contributed by atoms with Gasteiger partial charge in [0, 0.05) is 36.7 Å². The predicted molar refractivity (Wildman–Crippen MR) is 132 cm³/mol. The highest BCUT2D eigenvalue weighted by atomic mass is 32.1. The van der Waals surface area contributed by atoms with E-state index in [2.05, 4.69) is 16.4 Å². The monoisotopic (exact) mass is 490 g/mol. The van der Waals surface area contributed by atoms with Crippen molar-refractivity contribution in [3.63, 3.8) is 0 Å². The molecule has 0 fully saturated rings. The number of amides is 2.